The van der Waals surface area contributed by atoms with Gasteiger partial charge in [-0.2, -0.15) is 8.42 Å². The lowest BCUT2D eigenvalue weighted by atomic mass is 9.94. The first-order valence-corrected chi connectivity index (χ1v) is 13.9. The fourth-order valence-corrected chi connectivity index (χ4v) is 5.41. The SMILES string of the molecule is Cc1cn([C@@H]2O[C@@H]3[C@H](OCc4ccccc4)C=C[C@]3(OCc3ccccc3)[C@H]2OS(C)(=O)=O)c(=O)[nH]c1=O. The first-order chi connectivity index (χ1) is 18.2. The first kappa shape index (κ1) is 26.3. The minimum absolute atomic E-state index is 0.117. The topological polar surface area (TPSA) is 126 Å². The zero-order valence-electron chi connectivity index (χ0n) is 20.9. The molecule has 10 nitrogen and oxygen atoms in total. The van der Waals surface area contributed by atoms with E-state index in [1.54, 1.807) is 12.2 Å². The molecule has 11 heteroatoms. The molecule has 0 saturated carbocycles. The second kappa shape index (κ2) is 10.4. The van der Waals surface area contributed by atoms with Crippen molar-refractivity contribution in [3.05, 3.63) is 117 Å². The maximum absolute atomic E-state index is 12.8. The summed E-state index contributed by atoms with van der Waals surface area (Å²) in [6.07, 6.45) is 1.67. The summed E-state index contributed by atoms with van der Waals surface area (Å²) in [6.45, 7) is 1.92. The first-order valence-electron chi connectivity index (χ1n) is 12.0. The van der Waals surface area contributed by atoms with Crippen molar-refractivity contribution in [2.75, 3.05) is 6.26 Å². The van der Waals surface area contributed by atoms with E-state index in [1.165, 1.54) is 13.1 Å². The summed E-state index contributed by atoms with van der Waals surface area (Å²) in [6, 6.07) is 18.9. The maximum Gasteiger partial charge on any atom is 0.330 e. The molecule has 1 aliphatic carbocycles. The number of ether oxygens (including phenoxy) is 3. The average molecular weight is 541 g/mol. The Bertz CT molecular complexity index is 1530. The second-order valence-corrected chi connectivity index (χ2v) is 11.0. The lowest BCUT2D eigenvalue weighted by Gasteiger charge is -2.33. The number of nitrogens with one attached hydrogen (secondary N) is 1. The summed E-state index contributed by atoms with van der Waals surface area (Å²) in [5.41, 5.74) is -0.708. The smallest absolute Gasteiger partial charge is 0.330 e. The summed E-state index contributed by atoms with van der Waals surface area (Å²) in [7, 11) is -4.03. The monoisotopic (exact) mass is 540 g/mol. The Morgan fingerprint density at radius 2 is 1.63 bits per heavy atom. The van der Waals surface area contributed by atoms with E-state index in [-0.39, 0.29) is 18.8 Å². The van der Waals surface area contributed by atoms with Crippen LogP contribution >= 0.6 is 0 Å². The van der Waals surface area contributed by atoms with Crippen LogP contribution in [0.15, 0.2) is 88.6 Å². The van der Waals surface area contributed by atoms with E-state index in [4.69, 9.17) is 18.4 Å². The number of aryl methyl sites for hydroxylation is 1. The average Bonchev–Trinajstić information content (AvgIpc) is 3.38. The molecule has 2 aromatic carbocycles. The van der Waals surface area contributed by atoms with E-state index in [0.29, 0.717) is 0 Å². The van der Waals surface area contributed by atoms with Gasteiger partial charge in [-0.25, -0.2) is 4.79 Å². The third kappa shape index (κ3) is 5.29. The lowest BCUT2D eigenvalue weighted by Crippen LogP contribution is -2.51. The molecule has 0 amide bonds. The van der Waals surface area contributed by atoms with Crippen LogP contribution in [0.2, 0.25) is 0 Å². The zero-order valence-corrected chi connectivity index (χ0v) is 21.7. The maximum atomic E-state index is 12.8. The fourth-order valence-electron chi connectivity index (χ4n) is 4.78. The van der Waals surface area contributed by atoms with Gasteiger partial charge in [-0.3, -0.25) is 18.5 Å². The van der Waals surface area contributed by atoms with Gasteiger partial charge in [0.05, 0.1) is 19.5 Å². The largest absolute Gasteiger partial charge is 0.367 e. The van der Waals surface area contributed by atoms with E-state index in [0.717, 1.165) is 21.9 Å². The number of benzene rings is 2. The fraction of sp³-hybridized carbons (Fsp3) is 0.333. The van der Waals surface area contributed by atoms with E-state index >= 15 is 0 Å². The van der Waals surface area contributed by atoms with Crippen LogP contribution in [0.3, 0.4) is 0 Å². The van der Waals surface area contributed by atoms with Gasteiger partial charge in [0.2, 0.25) is 0 Å². The third-order valence-corrected chi connectivity index (χ3v) is 7.15. The molecule has 5 rings (SSSR count). The van der Waals surface area contributed by atoms with Gasteiger partial charge in [0.25, 0.3) is 15.7 Å². The molecule has 0 bridgehead atoms. The number of hydrogen-bond donors (Lipinski definition) is 1. The Hall–Kier alpha value is -3.35. The summed E-state index contributed by atoms with van der Waals surface area (Å²) in [5.74, 6) is 0. The molecule has 0 radical (unpaired) electrons. The zero-order chi connectivity index (χ0) is 26.9. The Balaban J connectivity index is 1.55. The van der Waals surface area contributed by atoms with Crippen LogP contribution in [0.1, 0.15) is 22.9 Å². The number of nitrogens with zero attached hydrogens (tertiary/aromatic N) is 1. The molecule has 0 spiro atoms. The summed E-state index contributed by atoms with van der Waals surface area (Å²) >= 11 is 0. The Kier molecular flexibility index (Phi) is 7.21. The second-order valence-electron chi connectivity index (χ2n) is 9.40. The van der Waals surface area contributed by atoms with Crippen LogP contribution in [0.25, 0.3) is 0 Å². The Labute approximate surface area is 219 Å². The van der Waals surface area contributed by atoms with Crippen molar-refractivity contribution in [2.24, 2.45) is 0 Å². The number of hydrogen-bond acceptors (Lipinski definition) is 8. The standard InChI is InChI=1S/C27H28N2O8S/c1-18-15-29(26(31)28-24(18)30)25-23(37-38(2,32)33)27(35-17-20-11-7-4-8-12-20)14-13-21(22(27)36-25)34-16-19-9-5-3-6-10-19/h3-15,21-23,25H,16-17H2,1-2H3,(H,28,30,31)/t21-,22-,23+,25-,27-/m1/s1. The number of fused-ring (bicyclic) bond motifs is 1. The molecule has 2 heterocycles. The van der Waals surface area contributed by atoms with Crippen LogP contribution in [0.4, 0.5) is 0 Å². The van der Waals surface area contributed by atoms with Gasteiger partial charge >= 0.3 is 5.69 Å². The van der Waals surface area contributed by atoms with Crippen molar-refractivity contribution < 1.29 is 26.8 Å². The number of aromatic nitrogens is 2. The third-order valence-electron chi connectivity index (χ3n) is 6.59. The van der Waals surface area contributed by atoms with E-state index in [1.807, 2.05) is 60.7 Å². The van der Waals surface area contributed by atoms with Gasteiger partial charge in [0.15, 0.2) is 12.3 Å². The molecular weight excluding hydrogens is 512 g/mol. The lowest BCUT2D eigenvalue weighted by molar-refractivity contribution is -0.127. The quantitative estimate of drug-likeness (QED) is 0.323. The van der Waals surface area contributed by atoms with Crippen molar-refractivity contribution in [1.29, 1.82) is 0 Å². The van der Waals surface area contributed by atoms with Crippen molar-refractivity contribution in [1.82, 2.24) is 9.55 Å². The van der Waals surface area contributed by atoms with Gasteiger partial charge in [-0.1, -0.05) is 66.7 Å². The van der Waals surface area contributed by atoms with Gasteiger partial charge in [0.1, 0.15) is 17.8 Å². The molecule has 1 N–H and O–H groups in total. The highest BCUT2D eigenvalue weighted by Gasteiger charge is 2.64. The van der Waals surface area contributed by atoms with Gasteiger partial charge in [-0.15, -0.1) is 0 Å². The van der Waals surface area contributed by atoms with E-state index in [2.05, 4.69) is 4.98 Å². The summed E-state index contributed by atoms with van der Waals surface area (Å²) in [4.78, 5) is 27.1. The normalized spacial score (nSPS) is 26.5. The highest BCUT2D eigenvalue weighted by molar-refractivity contribution is 7.86. The molecule has 200 valence electrons. The molecule has 38 heavy (non-hydrogen) atoms. The summed E-state index contributed by atoms with van der Waals surface area (Å²) in [5, 5.41) is 0. The van der Waals surface area contributed by atoms with Crippen LogP contribution in [0.5, 0.6) is 0 Å². The van der Waals surface area contributed by atoms with Crippen molar-refractivity contribution in [3.63, 3.8) is 0 Å². The van der Waals surface area contributed by atoms with E-state index < -0.39 is 51.5 Å². The predicted molar refractivity (Wildman–Crippen MR) is 138 cm³/mol. The van der Waals surface area contributed by atoms with Crippen LogP contribution in [-0.4, -0.2) is 48.1 Å². The number of aromatic amines is 1. The molecule has 0 unspecified atom stereocenters. The van der Waals surface area contributed by atoms with Crippen molar-refractivity contribution in [2.45, 2.75) is 50.3 Å². The van der Waals surface area contributed by atoms with Crippen LogP contribution in [-0.2, 0) is 41.7 Å². The van der Waals surface area contributed by atoms with Crippen LogP contribution in [0, 0.1) is 6.92 Å². The molecule has 3 aromatic rings. The predicted octanol–water partition coefficient (Wildman–Crippen LogP) is 2.20. The van der Waals surface area contributed by atoms with E-state index in [9.17, 15) is 18.0 Å². The molecule has 1 aliphatic heterocycles. The highest BCUT2D eigenvalue weighted by atomic mass is 32.2. The highest BCUT2D eigenvalue weighted by Crippen LogP contribution is 2.48. The number of H-pyrrole nitrogens is 1. The van der Waals surface area contributed by atoms with Gasteiger partial charge < -0.3 is 14.2 Å². The molecule has 1 fully saturated rings. The van der Waals surface area contributed by atoms with Crippen molar-refractivity contribution >= 4 is 10.1 Å². The molecule has 1 aromatic heterocycles. The molecule has 2 aliphatic rings. The Morgan fingerprint density at radius 1 is 1.00 bits per heavy atom. The minimum atomic E-state index is -4.03. The minimum Gasteiger partial charge on any atom is -0.367 e. The molecule has 1 saturated heterocycles. The summed E-state index contributed by atoms with van der Waals surface area (Å²) < 4.78 is 50.5. The molecular formula is C27H28N2O8S. The Morgan fingerprint density at radius 3 is 2.26 bits per heavy atom. The van der Waals surface area contributed by atoms with Crippen molar-refractivity contribution in [3.8, 4) is 0 Å². The van der Waals surface area contributed by atoms with Crippen LogP contribution < -0.4 is 11.2 Å². The van der Waals surface area contributed by atoms with Gasteiger partial charge in [-0.05, 0) is 24.1 Å². The molecule has 5 atom stereocenters. The number of rotatable bonds is 9. The van der Waals surface area contributed by atoms with Gasteiger partial charge in [0, 0.05) is 11.8 Å².